The highest BCUT2D eigenvalue weighted by atomic mass is 16.5. The Morgan fingerprint density at radius 3 is 2.50 bits per heavy atom. The molecule has 3 aromatic rings. The fraction of sp³-hybridized carbons (Fsp3) is 0.111. The first-order chi connectivity index (χ1) is 9.92. The molecule has 0 unspecified atom stereocenters. The molecule has 0 saturated carbocycles. The van der Waals surface area contributed by atoms with E-state index in [9.17, 15) is 0 Å². The summed E-state index contributed by atoms with van der Waals surface area (Å²) in [5, 5.41) is 2.55. The molecule has 1 heterocycles. The Hall–Kier alpha value is -2.48. The van der Waals surface area contributed by atoms with Crippen molar-refractivity contribution in [2.45, 2.75) is 6.54 Å². The van der Waals surface area contributed by atoms with Gasteiger partial charge in [-0.3, -0.25) is 0 Å². The van der Waals surface area contributed by atoms with E-state index < -0.39 is 0 Å². The molecule has 98 valence electrons. The van der Waals surface area contributed by atoms with Crippen LogP contribution in [0.3, 0.4) is 0 Å². The average Bonchev–Trinajstić information content (AvgIpc) is 2.55. The summed E-state index contributed by atoms with van der Waals surface area (Å²) in [6.07, 6.45) is 0. The molecule has 0 spiro atoms. The second-order valence-corrected chi connectivity index (χ2v) is 5.07. The first-order valence-corrected chi connectivity index (χ1v) is 6.85. The third-order valence-electron chi connectivity index (χ3n) is 3.84. The highest BCUT2D eigenvalue weighted by molar-refractivity contribution is 5.88. The van der Waals surface area contributed by atoms with Gasteiger partial charge in [0.2, 0.25) is 0 Å². The Labute approximate surface area is 118 Å². The summed E-state index contributed by atoms with van der Waals surface area (Å²) < 4.78 is 5.92. The summed E-state index contributed by atoms with van der Waals surface area (Å²) in [7, 11) is 0. The Balaban J connectivity index is 1.80. The monoisotopic (exact) mass is 261 g/mol. The number of para-hydroxylation sites is 1. The zero-order valence-electron chi connectivity index (χ0n) is 11.1. The molecule has 4 rings (SSSR count). The van der Waals surface area contributed by atoms with Crippen molar-refractivity contribution in [1.82, 2.24) is 0 Å². The van der Waals surface area contributed by atoms with Crippen LogP contribution in [0.25, 0.3) is 10.8 Å². The molecule has 1 aliphatic heterocycles. The van der Waals surface area contributed by atoms with Crippen LogP contribution < -0.4 is 9.64 Å². The predicted octanol–water partition coefficient (Wildman–Crippen LogP) is 4.20. The molecule has 0 radical (unpaired) electrons. The summed E-state index contributed by atoms with van der Waals surface area (Å²) in [5.74, 6) is 1.01. The number of benzene rings is 3. The van der Waals surface area contributed by atoms with Crippen LogP contribution >= 0.6 is 0 Å². The maximum atomic E-state index is 5.92. The number of rotatable bonds is 1. The van der Waals surface area contributed by atoms with E-state index in [1.165, 1.54) is 22.0 Å². The van der Waals surface area contributed by atoms with Crippen LogP contribution in [0.2, 0.25) is 0 Å². The minimum Gasteiger partial charge on any atom is -0.473 e. The number of hydrogen-bond acceptors (Lipinski definition) is 2. The molecule has 0 fully saturated rings. The summed E-state index contributed by atoms with van der Waals surface area (Å²) in [6, 6.07) is 23.1. The normalized spacial score (nSPS) is 13.9. The van der Waals surface area contributed by atoms with Gasteiger partial charge in [-0.25, -0.2) is 0 Å². The lowest BCUT2D eigenvalue weighted by Gasteiger charge is -2.31. The van der Waals surface area contributed by atoms with Gasteiger partial charge >= 0.3 is 0 Å². The van der Waals surface area contributed by atoms with E-state index in [2.05, 4.69) is 65.6 Å². The maximum absolute atomic E-state index is 5.92. The minimum absolute atomic E-state index is 0.607. The van der Waals surface area contributed by atoms with E-state index in [0.29, 0.717) is 6.73 Å². The van der Waals surface area contributed by atoms with Gasteiger partial charge in [-0.05, 0) is 29.0 Å². The molecule has 0 aromatic heterocycles. The highest BCUT2D eigenvalue weighted by Crippen LogP contribution is 2.33. The molecular formula is C18H15NO. The molecule has 2 nitrogen and oxygen atoms in total. The molecule has 0 atom stereocenters. The predicted molar refractivity (Wildman–Crippen MR) is 82.1 cm³/mol. The van der Waals surface area contributed by atoms with Gasteiger partial charge in [0.05, 0.1) is 6.54 Å². The number of anilines is 1. The molecule has 0 N–H and O–H groups in total. The second-order valence-electron chi connectivity index (χ2n) is 5.07. The fourth-order valence-electron chi connectivity index (χ4n) is 2.80. The van der Waals surface area contributed by atoms with Gasteiger partial charge in [-0.15, -0.1) is 0 Å². The van der Waals surface area contributed by atoms with Gasteiger partial charge in [0.15, 0.2) is 6.73 Å². The van der Waals surface area contributed by atoms with Crippen molar-refractivity contribution in [3.63, 3.8) is 0 Å². The van der Waals surface area contributed by atoms with Crippen LogP contribution in [0.5, 0.6) is 5.75 Å². The van der Waals surface area contributed by atoms with Gasteiger partial charge in [0, 0.05) is 11.3 Å². The van der Waals surface area contributed by atoms with Gasteiger partial charge in [0.1, 0.15) is 5.75 Å². The third kappa shape index (κ3) is 1.81. The van der Waals surface area contributed by atoms with Crippen molar-refractivity contribution in [2.75, 3.05) is 11.6 Å². The quantitative estimate of drug-likeness (QED) is 0.651. The van der Waals surface area contributed by atoms with Gasteiger partial charge in [-0.1, -0.05) is 48.5 Å². The Morgan fingerprint density at radius 1 is 0.800 bits per heavy atom. The van der Waals surface area contributed by atoms with Crippen molar-refractivity contribution in [1.29, 1.82) is 0 Å². The largest absolute Gasteiger partial charge is 0.473 e. The molecule has 0 bridgehead atoms. The highest BCUT2D eigenvalue weighted by Gasteiger charge is 2.19. The third-order valence-corrected chi connectivity index (χ3v) is 3.84. The van der Waals surface area contributed by atoms with E-state index in [1.54, 1.807) is 0 Å². The van der Waals surface area contributed by atoms with E-state index in [0.717, 1.165) is 12.3 Å². The first-order valence-electron chi connectivity index (χ1n) is 6.85. The smallest absolute Gasteiger partial charge is 0.161 e. The molecule has 0 aliphatic carbocycles. The average molecular weight is 261 g/mol. The first kappa shape index (κ1) is 11.4. The van der Waals surface area contributed by atoms with E-state index in [4.69, 9.17) is 4.74 Å². The molecule has 0 amide bonds. The second kappa shape index (κ2) is 4.57. The Kier molecular flexibility index (Phi) is 2.59. The van der Waals surface area contributed by atoms with Crippen molar-refractivity contribution in [2.24, 2.45) is 0 Å². The van der Waals surface area contributed by atoms with Crippen LogP contribution in [0.1, 0.15) is 5.56 Å². The zero-order valence-corrected chi connectivity index (χ0v) is 11.1. The Bertz CT molecular complexity index is 752. The zero-order chi connectivity index (χ0) is 13.4. The van der Waals surface area contributed by atoms with E-state index in [1.807, 2.05) is 6.07 Å². The molecule has 0 saturated heterocycles. The van der Waals surface area contributed by atoms with Crippen LogP contribution in [0, 0.1) is 0 Å². The number of ether oxygens (including phenoxy) is 1. The lowest BCUT2D eigenvalue weighted by molar-refractivity contribution is 0.290. The van der Waals surface area contributed by atoms with Crippen LogP contribution in [-0.2, 0) is 6.54 Å². The molecular weight excluding hydrogens is 246 g/mol. The number of hydrogen-bond donors (Lipinski definition) is 0. The summed E-state index contributed by atoms with van der Waals surface area (Å²) in [4.78, 5) is 2.26. The van der Waals surface area contributed by atoms with Gasteiger partial charge in [0.25, 0.3) is 0 Å². The van der Waals surface area contributed by atoms with Crippen LogP contribution in [0.4, 0.5) is 5.69 Å². The lowest BCUT2D eigenvalue weighted by Crippen LogP contribution is -2.31. The van der Waals surface area contributed by atoms with Gasteiger partial charge in [-0.2, -0.15) is 0 Å². The SMILES string of the molecule is c1ccc(N2COc3ccc4ccccc4c3C2)cc1. The van der Waals surface area contributed by atoms with Crippen LogP contribution in [0.15, 0.2) is 66.7 Å². The molecule has 3 aromatic carbocycles. The number of nitrogens with zero attached hydrogens (tertiary/aromatic N) is 1. The molecule has 2 heteroatoms. The number of fused-ring (bicyclic) bond motifs is 3. The maximum Gasteiger partial charge on any atom is 0.161 e. The summed E-state index contributed by atoms with van der Waals surface area (Å²) in [6.45, 7) is 1.50. The summed E-state index contributed by atoms with van der Waals surface area (Å²) >= 11 is 0. The molecule has 20 heavy (non-hydrogen) atoms. The minimum atomic E-state index is 0.607. The van der Waals surface area contributed by atoms with E-state index >= 15 is 0 Å². The van der Waals surface area contributed by atoms with Crippen molar-refractivity contribution >= 4 is 16.5 Å². The Morgan fingerprint density at radius 2 is 1.60 bits per heavy atom. The fourth-order valence-corrected chi connectivity index (χ4v) is 2.80. The lowest BCUT2D eigenvalue weighted by atomic mass is 10.0. The topological polar surface area (TPSA) is 12.5 Å². The molecule has 1 aliphatic rings. The van der Waals surface area contributed by atoms with Crippen molar-refractivity contribution in [3.8, 4) is 5.75 Å². The van der Waals surface area contributed by atoms with Gasteiger partial charge < -0.3 is 9.64 Å². The summed E-state index contributed by atoms with van der Waals surface area (Å²) in [5.41, 5.74) is 2.48. The van der Waals surface area contributed by atoms with E-state index in [-0.39, 0.29) is 0 Å². The van der Waals surface area contributed by atoms with Crippen molar-refractivity contribution in [3.05, 3.63) is 72.3 Å². The van der Waals surface area contributed by atoms with Crippen molar-refractivity contribution < 1.29 is 4.74 Å². The van der Waals surface area contributed by atoms with Crippen LogP contribution in [-0.4, -0.2) is 6.73 Å². The standard InChI is InChI=1S/C18H15NO/c1-2-7-15(8-3-1)19-12-17-16-9-5-4-6-14(16)10-11-18(17)20-13-19/h1-11H,12-13H2.